The van der Waals surface area contributed by atoms with Gasteiger partial charge >= 0.3 is 6.02 Å². The zero-order valence-electron chi connectivity index (χ0n) is 17.7. The Bertz CT molecular complexity index is 883. The van der Waals surface area contributed by atoms with Crippen LogP contribution in [-0.4, -0.2) is 64.6 Å². The molecule has 2 aromatic rings. The number of hydrogen-bond donors (Lipinski definition) is 1. The van der Waals surface area contributed by atoms with E-state index in [4.69, 9.17) is 28.9 Å². The summed E-state index contributed by atoms with van der Waals surface area (Å²) in [5.74, 6) is 1.98. The molecule has 31 heavy (non-hydrogen) atoms. The first-order valence-corrected chi connectivity index (χ1v) is 9.89. The lowest BCUT2D eigenvalue weighted by Crippen LogP contribution is -2.38. The predicted octanol–water partition coefficient (Wildman–Crippen LogP) is 2.55. The van der Waals surface area contributed by atoms with Crippen molar-refractivity contribution in [1.82, 2.24) is 10.2 Å². The zero-order chi connectivity index (χ0) is 21.9. The Balaban J connectivity index is 1.77. The average Bonchev–Trinajstić information content (AvgIpc) is 2.81. The third-order valence-electron chi connectivity index (χ3n) is 4.55. The predicted molar refractivity (Wildman–Crippen MR) is 115 cm³/mol. The number of para-hydroxylation sites is 1. The highest BCUT2D eigenvalue weighted by atomic mass is 16.5. The van der Waals surface area contributed by atoms with Gasteiger partial charge in [-0.2, -0.15) is 10.3 Å². The second-order valence-corrected chi connectivity index (χ2v) is 6.55. The number of aliphatic imine (C=N–C) groups is 1. The van der Waals surface area contributed by atoms with Gasteiger partial charge in [-0.1, -0.05) is 18.2 Å². The lowest BCUT2D eigenvalue weighted by atomic mass is 10.2. The van der Waals surface area contributed by atoms with Crippen molar-refractivity contribution in [1.29, 1.82) is 5.26 Å². The molecule has 0 unspecified atom stereocenters. The van der Waals surface area contributed by atoms with E-state index in [1.54, 1.807) is 38.5 Å². The topological polar surface area (TPSA) is 97.6 Å². The maximum absolute atomic E-state index is 9.04. The van der Waals surface area contributed by atoms with Crippen LogP contribution in [0, 0.1) is 11.5 Å². The Morgan fingerprint density at radius 1 is 1.13 bits per heavy atom. The van der Waals surface area contributed by atoms with Gasteiger partial charge in [0.05, 0.1) is 33.1 Å². The Kier molecular flexibility index (Phi) is 8.34. The summed E-state index contributed by atoms with van der Waals surface area (Å²) in [6, 6.07) is 12.5. The number of ether oxygens (including phenoxy) is 5. The number of nitriles is 1. The van der Waals surface area contributed by atoms with Crippen LogP contribution >= 0.6 is 0 Å². The Morgan fingerprint density at radius 3 is 2.42 bits per heavy atom. The van der Waals surface area contributed by atoms with Crippen molar-refractivity contribution in [3.8, 4) is 29.2 Å². The summed E-state index contributed by atoms with van der Waals surface area (Å²) in [6.45, 7) is 4.51. The minimum absolute atomic E-state index is 0.0267. The molecule has 0 aliphatic carbocycles. The monoisotopic (exact) mass is 426 g/mol. The van der Waals surface area contributed by atoms with Crippen LogP contribution in [0.5, 0.6) is 23.0 Å². The molecule has 0 atom stereocenters. The van der Waals surface area contributed by atoms with Gasteiger partial charge in [0, 0.05) is 31.8 Å². The second-order valence-electron chi connectivity index (χ2n) is 6.55. The van der Waals surface area contributed by atoms with Gasteiger partial charge in [0.15, 0.2) is 17.7 Å². The molecule has 164 valence electrons. The maximum Gasteiger partial charge on any atom is 0.309 e. The molecule has 0 spiro atoms. The van der Waals surface area contributed by atoms with Gasteiger partial charge in [-0.25, -0.2) is 5.32 Å². The van der Waals surface area contributed by atoms with Crippen LogP contribution < -0.4 is 24.3 Å². The van der Waals surface area contributed by atoms with Gasteiger partial charge < -0.3 is 23.7 Å². The van der Waals surface area contributed by atoms with Gasteiger partial charge in [0.1, 0.15) is 12.4 Å². The number of morpholine rings is 1. The quantitative estimate of drug-likeness (QED) is 0.298. The number of amidine groups is 1. The zero-order valence-corrected chi connectivity index (χ0v) is 17.7. The van der Waals surface area contributed by atoms with Crippen LogP contribution in [0.25, 0.3) is 0 Å². The number of rotatable bonds is 8. The van der Waals surface area contributed by atoms with Crippen molar-refractivity contribution in [2.24, 2.45) is 4.99 Å². The molecule has 0 aromatic heterocycles. The summed E-state index contributed by atoms with van der Waals surface area (Å²) < 4.78 is 28.0. The van der Waals surface area contributed by atoms with Crippen molar-refractivity contribution in [3.63, 3.8) is 0 Å². The van der Waals surface area contributed by atoms with Gasteiger partial charge in [-0.05, 0) is 12.1 Å². The van der Waals surface area contributed by atoms with Crippen molar-refractivity contribution in [2.45, 2.75) is 0 Å². The van der Waals surface area contributed by atoms with E-state index in [9.17, 15) is 0 Å². The normalized spacial score (nSPS) is 14.4. The fraction of sp³-hybridized carbons (Fsp3) is 0.364. The number of methoxy groups -OCH3 is 2. The molecular formula is C22H26N4O5. The van der Waals surface area contributed by atoms with E-state index >= 15 is 0 Å². The third-order valence-corrected chi connectivity index (χ3v) is 4.55. The molecule has 0 saturated carbocycles. The number of benzene rings is 2. The fourth-order valence-electron chi connectivity index (χ4n) is 3.02. The van der Waals surface area contributed by atoms with E-state index in [0.29, 0.717) is 35.3 Å². The second kappa shape index (κ2) is 11.6. The number of nitrogens with one attached hydrogen (secondary N) is 1. The first-order chi connectivity index (χ1) is 15.2. The standard InChI is InChI=1S/C22H26N4O5/c1-27-19-14-17(25-22(24-16-23)31-18-6-4-3-5-7-18)15-20(28-2)21(19)30-13-10-26-8-11-29-12-9-26/h3-7,14-15H,8-13H2,1-2H3,(H,24,25). The average molecular weight is 426 g/mol. The summed E-state index contributed by atoms with van der Waals surface area (Å²) in [7, 11) is 3.10. The summed E-state index contributed by atoms with van der Waals surface area (Å²) >= 11 is 0. The third kappa shape index (κ3) is 6.50. The van der Waals surface area contributed by atoms with Gasteiger partial charge in [0.25, 0.3) is 0 Å². The summed E-state index contributed by atoms with van der Waals surface area (Å²) in [5, 5.41) is 11.5. The molecule has 0 amide bonds. The molecule has 9 nitrogen and oxygen atoms in total. The van der Waals surface area contributed by atoms with Gasteiger partial charge in [-0.3, -0.25) is 4.90 Å². The maximum atomic E-state index is 9.04. The summed E-state index contributed by atoms with van der Waals surface area (Å²) in [5.41, 5.74) is 0.475. The molecule has 0 bridgehead atoms. The number of nitrogens with zero attached hydrogens (tertiary/aromatic N) is 3. The van der Waals surface area contributed by atoms with E-state index in [0.717, 1.165) is 32.8 Å². The molecule has 1 aliphatic rings. The van der Waals surface area contributed by atoms with Crippen molar-refractivity contribution < 1.29 is 23.7 Å². The molecule has 3 rings (SSSR count). The molecular weight excluding hydrogens is 400 g/mol. The van der Waals surface area contributed by atoms with Crippen molar-refractivity contribution in [3.05, 3.63) is 42.5 Å². The Hall–Kier alpha value is -3.48. The fourth-order valence-corrected chi connectivity index (χ4v) is 3.02. The summed E-state index contributed by atoms with van der Waals surface area (Å²) in [6.07, 6.45) is 1.83. The first kappa shape index (κ1) is 22.2. The van der Waals surface area contributed by atoms with Crippen molar-refractivity contribution >= 4 is 11.7 Å². The molecule has 1 saturated heterocycles. The van der Waals surface area contributed by atoms with Gasteiger partial charge in [0.2, 0.25) is 5.75 Å². The highest BCUT2D eigenvalue weighted by Crippen LogP contribution is 2.41. The van der Waals surface area contributed by atoms with E-state index in [-0.39, 0.29) is 6.02 Å². The van der Waals surface area contributed by atoms with E-state index in [2.05, 4.69) is 15.2 Å². The highest BCUT2D eigenvalue weighted by Gasteiger charge is 2.16. The Labute approximate surface area is 181 Å². The molecule has 1 N–H and O–H groups in total. The first-order valence-electron chi connectivity index (χ1n) is 9.89. The van der Waals surface area contributed by atoms with Crippen LogP contribution in [0.3, 0.4) is 0 Å². The molecule has 0 radical (unpaired) electrons. The molecule has 2 aromatic carbocycles. The number of hydrogen-bond acceptors (Lipinski definition) is 8. The molecule has 1 aliphatic heterocycles. The van der Waals surface area contributed by atoms with E-state index < -0.39 is 0 Å². The minimum Gasteiger partial charge on any atom is -0.493 e. The van der Waals surface area contributed by atoms with Gasteiger partial charge in [-0.15, -0.1) is 0 Å². The lowest BCUT2D eigenvalue weighted by molar-refractivity contribution is 0.0319. The minimum atomic E-state index is 0.0267. The Morgan fingerprint density at radius 2 is 1.81 bits per heavy atom. The van der Waals surface area contributed by atoms with Crippen molar-refractivity contribution in [2.75, 3.05) is 53.7 Å². The largest absolute Gasteiger partial charge is 0.493 e. The SMILES string of the molecule is COc1cc(N=C(NC#N)Oc2ccccc2)cc(OC)c1OCCN1CCOCC1. The van der Waals surface area contributed by atoms with Crippen LogP contribution in [0.4, 0.5) is 5.69 Å². The molecule has 9 heteroatoms. The van der Waals surface area contributed by atoms with E-state index in [1.165, 1.54) is 0 Å². The van der Waals surface area contributed by atoms with Crippen LogP contribution in [0.1, 0.15) is 0 Å². The van der Waals surface area contributed by atoms with E-state index in [1.807, 2.05) is 24.4 Å². The smallest absolute Gasteiger partial charge is 0.309 e. The summed E-state index contributed by atoms with van der Waals surface area (Å²) in [4.78, 5) is 6.66. The molecule has 1 fully saturated rings. The van der Waals surface area contributed by atoms with Crippen LogP contribution in [0.15, 0.2) is 47.5 Å². The van der Waals surface area contributed by atoms with Crippen LogP contribution in [0.2, 0.25) is 0 Å². The lowest BCUT2D eigenvalue weighted by Gasteiger charge is -2.26. The molecule has 1 heterocycles. The highest BCUT2D eigenvalue weighted by molar-refractivity contribution is 5.81. The van der Waals surface area contributed by atoms with Crippen LogP contribution in [-0.2, 0) is 4.74 Å².